The van der Waals surface area contributed by atoms with Crippen molar-refractivity contribution in [2.24, 2.45) is 0 Å². The number of imidazole rings is 1. The van der Waals surface area contributed by atoms with Gasteiger partial charge in [0, 0.05) is 30.5 Å². The molecule has 21 heavy (non-hydrogen) atoms. The molecule has 1 saturated heterocycles. The number of carbonyl (C=O) groups is 1. The Balaban J connectivity index is 1.81. The Kier molecular flexibility index (Phi) is 3.49. The summed E-state index contributed by atoms with van der Waals surface area (Å²) < 4.78 is 13.3. The second-order valence-electron chi connectivity index (χ2n) is 5.73. The van der Waals surface area contributed by atoms with Gasteiger partial charge in [0.15, 0.2) is 0 Å². The van der Waals surface area contributed by atoms with Gasteiger partial charge < -0.3 is 9.88 Å². The summed E-state index contributed by atoms with van der Waals surface area (Å²) in [7, 11) is 0. The van der Waals surface area contributed by atoms with Gasteiger partial charge >= 0.3 is 0 Å². The average molecular weight is 287 g/mol. The van der Waals surface area contributed by atoms with Crippen LogP contribution in [-0.2, 0) is 4.79 Å². The number of hydrogen-bond acceptors (Lipinski definition) is 2. The van der Waals surface area contributed by atoms with Crippen LogP contribution in [0, 0.1) is 5.82 Å². The second kappa shape index (κ2) is 5.31. The highest BCUT2D eigenvalue weighted by Gasteiger charge is 2.33. The lowest BCUT2D eigenvalue weighted by Crippen LogP contribution is -2.31. The Bertz CT molecular complexity index is 665. The molecule has 0 radical (unpaired) electrons. The van der Waals surface area contributed by atoms with Gasteiger partial charge in [0.25, 0.3) is 0 Å². The van der Waals surface area contributed by atoms with Crippen LogP contribution in [0.4, 0.5) is 4.39 Å². The van der Waals surface area contributed by atoms with Crippen molar-refractivity contribution in [1.82, 2.24) is 14.9 Å². The van der Waals surface area contributed by atoms with Crippen molar-refractivity contribution in [3.8, 4) is 11.3 Å². The lowest BCUT2D eigenvalue weighted by Gasteiger charge is -2.20. The molecular formula is C16H18FN3O. The van der Waals surface area contributed by atoms with Crippen molar-refractivity contribution in [3.05, 3.63) is 42.1 Å². The van der Waals surface area contributed by atoms with Crippen molar-refractivity contribution >= 4 is 5.91 Å². The molecule has 1 N–H and O–H groups in total. The van der Waals surface area contributed by atoms with Gasteiger partial charge in [-0.15, -0.1) is 0 Å². The van der Waals surface area contributed by atoms with Crippen LogP contribution in [0.15, 0.2) is 30.5 Å². The van der Waals surface area contributed by atoms with Gasteiger partial charge in [-0.25, -0.2) is 9.37 Å². The fraction of sp³-hybridized carbons (Fsp3) is 0.375. The maximum atomic E-state index is 13.3. The van der Waals surface area contributed by atoms with Gasteiger partial charge in [-0.3, -0.25) is 4.79 Å². The van der Waals surface area contributed by atoms with Gasteiger partial charge in [-0.1, -0.05) is 12.1 Å². The van der Waals surface area contributed by atoms with E-state index in [0.29, 0.717) is 13.0 Å². The smallest absolute Gasteiger partial charge is 0.223 e. The predicted octanol–water partition coefficient (Wildman–Crippen LogP) is 2.94. The summed E-state index contributed by atoms with van der Waals surface area (Å²) in [6.45, 7) is 4.72. The molecule has 4 nitrogen and oxygen atoms in total. The first-order chi connectivity index (χ1) is 10.0. The van der Waals surface area contributed by atoms with E-state index in [1.807, 2.05) is 24.8 Å². The van der Waals surface area contributed by atoms with Crippen LogP contribution < -0.4 is 0 Å². The molecule has 5 heteroatoms. The summed E-state index contributed by atoms with van der Waals surface area (Å²) in [5, 5.41) is 0. The number of rotatable bonds is 3. The summed E-state index contributed by atoms with van der Waals surface area (Å²) in [5.41, 5.74) is 1.54. The van der Waals surface area contributed by atoms with Crippen molar-refractivity contribution < 1.29 is 9.18 Å². The zero-order valence-corrected chi connectivity index (χ0v) is 12.1. The highest BCUT2D eigenvalue weighted by atomic mass is 19.1. The summed E-state index contributed by atoms with van der Waals surface area (Å²) in [6, 6.07) is 6.60. The number of H-pyrrole nitrogens is 1. The van der Waals surface area contributed by atoms with Gasteiger partial charge in [-0.05, 0) is 26.0 Å². The molecule has 1 amide bonds. The summed E-state index contributed by atoms with van der Waals surface area (Å²) >= 11 is 0. The van der Waals surface area contributed by atoms with Gasteiger partial charge in [-0.2, -0.15) is 0 Å². The minimum Gasteiger partial charge on any atom is -0.342 e. The Morgan fingerprint density at radius 1 is 1.43 bits per heavy atom. The first kappa shape index (κ1) is 13.8. The number of carbonyl (C=O) groups excluding carboxylic acids is 1. The molecule has 0 saturated carbocycles. The molecular weight excluding hydrogens is 269 g/mol. The van der Waals surface area contributed by atoms with E-state index in [1.165, 1.54) is 12.1 Å². The standard InChI is InChI=1S/C16H18FN3O/c1-10(2)20-9-12(7-15(20)21)16-18-8-14(19-16)11-4-3-5-13(17)6-11/h3-6,8,10,12H,7,9H2,1-2H3,(H,18,19)/t12-/m1/s1. The zero-order chi connectivity index (χ0) is 15.0. The Morgan fingerprint density at radius 2 is 2.24 bits per heavy atom. The Hall–Kier alpha value is -2.17. The van der Waals surface area contributed by atoms with E-state index in [9.17, 15) is 9.18 Å². The third kappa shape index (κ3) is 2.68. The van der Waals surface area contributed by atoms with Crippen molar-refractivity contribution in [3.63, 3.8) is 0 Å². The maximum absolute atomic E-state index is 13.3. The van der Waals surface area contributed by atoms with E-state index >= 15 is 0 Å². The number of halogens is 1. The zero-order valence-electron chi connectivity index (χ0n) is 12.1. The molecule has 3 rings (SSSR count). The summed E-state index contributed by atoms with van der Waals surface area (Å²) in [6.07, 6.45) is 2.18. The highest BCUT2D eigenvalue weighted by molar-refractivity contribution is 5.79. The van der Waals surface area contributed by atoms with Crippen molar-refractivity contribution in [1.29, 1.82) is 0 Å². The molecule has 1 aliphatic heterocycles. The fourth-order valence-corrected chi connectivity index (χ4v) is 2.76. The number of hydrogen-bond donors (Lipinski definition) is 1. The van der Waals surface area contributed by atoms with E-state index in [-0.39, 0.29) is 23.7 Å². The maximum Gasteiger partial charge on any atom is 0.223 e. The monoisotopic (exact) mass is 287 g/mol. The molecule has 1 aliphatic rings. The first-order valence-electron chi connectivity index (χ1n) is 7.15. The lowest BCUT2D eigenvalue weighted by molar-refractivity contribution is -0.129. The fourth-order valence-electron chi connectivity index (χ4n) is 2.76. The molecule has 2 aromatic rings. The van der Waals surface area contributed by atoms with E-state index in [0.717, 1.165) is 17.1 Å². The molecule has 2 heterocycles. The number of aromatic nitrogens is 2. The van der Waals surface area contributed by atoms with E-state index < -0.39 is 0 Å². The molecule has 1 fully saturated rings. The minimum atomic E-state index is -0.273. The normalized spacial score (nSPS) is 18.8. The molecule has 0 unspecified atom stereocenters. The lowest BCUT2D eigenvalue weighted by atomic mass is 10.1. The highest BCUT2D eigenvalue weighted by Crippen LogP contribution is 2.29. The van der Waals surface area contributed by atoms with Crippen LogP contribution in [0.3, 0.4) is 0 Å². The molecule has 0 bridgehead atoms. The van der Waals surface area contributed by atoms with Crippen LogP contribution in [0.1, 0.15) is 32.0 Å². The molecule has 0 spiro atoms. The predicted molar refractivity (Wildman–Crippen MR) is 78.2 cm³/mol. The van der Waals surface area contributed by atoms with E-state index in [2.05, 4.69) is 9.97 Å². The topological polar surface area (TPSA) is 49.0 Å². The molecule has 0 aliphatic carbocycles. The van der Waals surface area contributed by atoms with Crippen LogP contribution in [0.2, 0.25) is 0 Å². The van der Waals surface area contributed by atoms with Crippen LogP contribution in [-0.4, -0.2) is 33.4 Å². The number of nitrogens with one attached hydrogen (secondary N) is 1. The van der Waals surface area contributed by atoms with E-state index in [4.69, 9.17) is 0 Å². The quantitative estimate of drug-likeness (QED) is 0.943. The van der Waals surface area contributed by atoms with Crippen molar-refractivity contribution in [2.75, 3.05) is 6.54 Å². The Morgan fingerprint density at radius 3 is 2.90 bits per heavy atom. The number of amides is 1. The van der Waals surface area contributed by atoms with Gasteiger partial charge in [0.05, 0.1) is 11.9 Å². The second-order valence-corrected chi connectivity index (χ2v) is 5.73. The summed E-state index contributed by atoms with van der Waals surface area (Å²) in [4.78, 5) is 21.4. The number of aromatic amines is 1. The molecule has 1 aromatic carbocycles. The van der Waals surface area contributed by atoms with E-state index in [1.54, 1.807) is 12.3 Å². The Labute approximate surface area is 123 Å². The minimum absolute atomic E-state index is 0.0854. The molecule has 110 valence electrons. The average Bonchev–Trinajstić information content (AvgIpc) is 3.05. The third-order valence-electron chi connectivity index (χ3n) is 3.90. The van der Waals surface area contributed by atoms with Crippen LogP contribution in [0.5, 0.6) is 0 Å². The number of benzene rings is 1. The van der Waals surface area contributed by atoms with Gasteiger partial charge in [0.1, 0.15) is 11.6 Å². The first-order valence-corrected chi connectivity index (χ1v) is 7.15. The summed E-state index contributed by atoms with van der Waals surface area (Å²) in [5.74, 6) is 0.775. The van der Waals surface area contributed by atoms with Crippen LogP contribution >= 0.6 is 0 Å². The molecule has 1 atom stereocenters. The van der Waals surface area contributed by atoms with Crippen molar-refractivity contribution in [2.45, 2.75) is 32.2 Å². The number of nitrogens with zero attached hydrogens (tertiary/aromatic N) is 2. The SMILES string of the molecule is CC(C)N1C[C@H](c2ncc(-c3cccc(F)c3)[nH]2)CC1=O. The molecule has 1 aromatic heterocycles. The number of likely N-dealkylation sites (tertiary alicyclic amines) is 1. The third-order valence-corrected chi connectivity index (χ3v) is 3.90. The van der Waals surface area contributed by atoms with Crippen LogP contribution in [0.25, 0.3) is 11.3 Å². The van der Waals surface area contributed by atoms with Gasteiger partial charge in [0.2, 0.25) is 5.91 Å². The largest absolute Gasteiger partial charge is 0.342 e.